The molecule has 0 saturated carbocycles. The SMILES string of the molecule is O=C(O)c1ccnc(OCCO)c1. The van der Waals surface area contributed by atoms with Gasteiger partial charge in [0, 0.05) is 12.3 Å². The Bertz CT molecular complexity index is 300. The van der Waals surface area contributed by atoms with Crippen LogP contribution in [0.5, 0.6) is 5.88 Å². The highest BCUT2D eigenvalue weighted by molar-refractivity contribution is 5.87. The molecular weight excluding hydrogens is 174 g/mol. The smallest absolute Gasteiger partial charge is 0.335 e. The molecule has 0 aliphatic heterocycles. The van der Waals surface area contributed by atoms with E-state index in [1.54, 1.807) is 0 Å². The zero-order valence-electron chi connectivity index (χ0n) is 6.80. The fraction of sp³-hybridized carbons (Fsp3) is 0.250. The number of carboxylic acids is 1. The lowest BCUT2D eigenvalue weighted by Gasteiger charge is -2.02. The monoisotopic (exact) mass is 183 g/mol. The molecule has 0 spiro atoms. The van der Waals surface area contributed by atoms with Gasteiger partial charge in [0.25, 0.3) is 0 Å². The fourth-order valence-electron chi connectivity index (χ4n) is 0.772. The third kappa shape index (κ3) is 2.72. The van der Waals surface area contributed by atoms with Crippen molar-refractivity contribution in [1.29, 1.82) is 0 Å². The number of pyridine rings is 1. The fourth-order valence-corrected chi connectivity index (χ4v) is 0.772. The molecule has 2 N–H and O–H groups in total. The summed E-state index contributed by atoms with van der Waals surface area (Å²) in [7, 11) is 0. The van der Waals surface area contributed by atoms with Crippen LogP contribution >= 0.6 is 0 Å². The minimum absolute atomic E-state index is 0.107. The molecule has 5 heteroatoms. The molecule has 5 nitrogen and oxygen atoms in total. The summed E-state index contributed by atoms with van der Waals surface area (Å²) < 4.78 is 4.92. The molecule has 13 heavy (non-hydrogen) atoms. The second kappa shape index (κ2) is 4.42. The number of nitrogens with zero attached hydrogens (tertiary/aromatic N) is 1. The Labute approximate surface area is 74.6 Å². The quantitative estimate of drug-likeness (QED) is 0.694. The van der Waals surface area contributed by atoms with Crippen molar-refractivity contribution in [1.82, 2.24) is 4.98 Å². The largest absolute Gasteiger partial charge is 0.478 e. The van der Waals surface area contributed by atoms with Crippen LogP contribution in [0.25, 0.3) is 0 Å². The van der Waals surface area contributed by atoms with Gasteiger partial charge < -0.3 is 14.9 Å². The zero-order valence-corrected chi connectivity index (χ0v) is 6.80. The van der Waals surface area contributed by atoms with Gasteiger partial charge in [-0.05, 0) is 6.07 Å². The van der Waals surface area contributed by atoms with Gasteiger partial charge >= 0.3 is 5.97 Å². The Balaban J connectivity index is 2.73. The molecule has 1 aromatic heterocycles. The molecular formula is C8H9NO4. The number of hydrogen-bond donors (Lipinski definition) is 2. The molecule has 0 atom stereocenters. The van der Waals surface area contributed by atoms with Gasteiger partial charge in [-0.25, -0.2) is 9.78 Å². The Morgan fingerprint density at radius 2 is 2.38 bits per heavy atom. The van der Waals surface area contributed by atoms with Crippen molar-refractivity contribution < 1.29 is 19.7 Å². The molecule has 0 bridgehead atoms. The zero-order chi connectivity index (χ0) is 9.68. The van der Waals surface area contributed by atoms with Crippen LogP contribution in [0.1, 0.15) is 10.4 Å². The van der Waals surface area contributed by atoms with Crippen LogP contribution in [0.3, 0.4) is 0 Å². The molecule has 0 aromatic carbocycles. The second-order valence-corrected chi connectivity index (χ2v) is 2.26. The molecule has 0 radical (unpaired) electrons. The van der Waals surface area contributed by atoms with E-state index < -0.39 is 5.97 Å². The highest BCUT2D eigenvalue weighted by Crippen LogP contribution is 2.08. The van der Waals surface area contributed by atoms with Gasteiger partial charge in [-0.1, -0.05) is 0 Å². The summed E-state index contributed by atoms with van der Waals surface area (Å²) in [6.07, 6.45) is 1.34. The third-order valence-electron chi connectivity index (χ3n) is 1.32. The topological polar surface area (TPSA) is 79.7 Å². The van der Waals surface area contributed by atoms with Gasteiger partial charge in [0.05, 0.1) is 12.2 Å². The van der Waals surface area contributed by atoms with Gasteiger partial charge in [-0.3, -0.25) is 0 Å². The Morgan fingerprint density at radius 1 is 1.62 bits per heavy atom. The van der Waals surface area contributed by atoms with E-state index in [0.29, 0.717) is 0 Å². The summed E-state index contributed by atoms with van der Waals surface area (Å²) in [5.74, 6) is -0.829. The first kappa shape index (κ1) is 9.47. The van der Waals surface area contributed by atoms with E-state index in [1.807, 2.05) is 0 Å². The van der Waals surface area contributed by atoms with Crippen LogP contribution < -0.4 is 4.74 Å². The molecule has 1 rings (SSSR count). The molecule has 1 heterocycles. The first-order valence-electron chi connectivity index (χ1n) is 3.67. The average molecular weight is 183 g/mol. The summed E-state index contributed by atoms with van der Waals surface area (Å²) in [4.78, 5) is 14.3. The number of aromatic carboxylic acids is 1. The highest BCUT2D eigenvalue weighted by atomic mass is 16.5. The number of hydrogen-bond acceptors (Lipinski definition) is 4. The maximum absolute atomic E-state index is 10.5. The van der Waals surface area contributed by atoms with Crippen molar-refractivity contribution >= 4 is 5.97 Å². The highest BCUT2D eigenvalue weighted by Gasteiger charge is 2.03. The molecule has 70 valence electrons. The predicted molar refractivity (Wildman–Crippen MR) is 43.8 cm³/mol. The van der Waals surface area contributed by atoms with E-state index in [1.165, 1.54) is 18.3 Å². The number of aromatic nitrogens is 1. The van der Waals surface area contributed by atoms with Crippen LogP contribution in [0.4, 0.5) is 0 Å². The van der Waals surface area contributed by atoms with Crippen molar-refractivity contribution in [2.24, 2.45) is 0 Å². The van der Waals surface area contributed by atoms with Crippen LogP contribution in [0, 0.1) is 0 Å². The van der Waals surface area contributed by atoms with Gasteiger partial charge in [0.2, 0.25) is 5.88 Å². The lowest BCUT2D eigenvalue weighted by atomic mass is 10.3. The van der Waals surface area contributed by atoms with Gasteiger partial charge in [-0.15, -0.1) is 0 Å². The first-order valence-corrected chi connectivity index (χ1v) is 3.67. The first-order chi connectivity index (χ1) is 6.24. The number of rotatable bonds is 4. The van der Waals surface area contributed by atoms with E-state index in [0.717, 1.165) is 0 Å². The Hall–Kier alpha value is -1.62. The van der Waals surface area contributed by atoms with E-state index in [-0.39, 0.29) is 24.7 Å². The van der Waals surface area contributed by atoms with E-state index >= 15 is 0 Å². The summed E-state index contributed by atoms with van der Waals surface area (Å²) in [5.41, 5.74) is 0.114. The van der Waals surface area contributed by atoms with Crippen LogP contribution in [0.15, 0.2) is 18.3 Å². The Kier molecular flexibility index (Phi) is 3.22. The van der Waals surface area contributed by atoms with Crippen LogP contribution in [-0.2, 0) is 0 Å². The lowest BCUT2D eigenvalue weighted by Crippen LogP contribution is -2.04. The predicted octanol–water partition coefficient (Wildman–Crippen LogP) is 0.151. The lowest BCUT2D eigenvalue weighted by molar-refractivity contribution is 0.0696. The van der Waals surface area contributed by atoms with E-state index in [2.05, 4.69) is 4.98 Å². The number of ether oxygens (including phenoxy) is 1. The number of aliphatic hydroxyl groups excluding tert-OH is 1. The van der Waals surface area contributed by atoms with Gasteiger partial charge in [0.1, 0.15) is 6.61 Å². The molecule has 0 unspecified atom stereocenters. The molecule has 0 fully saturated rings. The summed E-state index contributed by atoms with van der Waals surface area (Å²) in [6, 6.07) is 2.67. The number of carbonyl (C=O) groups is 1. The number of carboxylic acid groups (broad SMARTS) is 1. The van der Waals surface area contributed by atoms with Crippen LogP contribution in [0.2, 0.25) is 0 Å². The van der Waals surface area contributed by atoms with Crippen molar-refractivity contribution in [3.8, 4) is 5.88 Å². The summed E-state index contributed by atoms with van der Waals surface area (Å²) in [6.45, 7) is -0.0188. The van der Waals surface area contributed by atoms with Crippen molar-refractivity contribution in [3.63, 3.8) is 0 Å². The van der Waals surface area contributed by atoms with Crippen molar-refractivity contribution in [2.75, 3.05) is 13.2 Å². The van der Waals surface area contributed by atoms with Crippen molar-refractivity contribution in [3.05, 3.63) is 23.9 Å². The molecule has 0 aliphatic carbocycles. The van der Waals surface area contributed by atoms with E-state index in [9.17, 15) is 4.79 Å². The minimum atomic E-state index is -1.03. The standard InChI is InChI=1S/C8H9NO4/c10-3-4-13-7-5-6(8(11)12)1-2-9-7/h1-2,5,10H,3-4H2,(H,11,12). The molecule has 0 saturated heterocycles. The maximum Gasteiger partial charge on any atom is 0.335 e. The summed E-state index contributed by atoms with van der Waals surface area (Å²) in [5, 5.41) is 17.0. The normalized spacial score (nSPS) is 9.62. The number of aliphatic hydroxyl groups is 1. The van der Waals surface area contributed by atoms with Crippen LogP contribution in [-0.4, -0.2) is 34.4 Å². The van der Waals surface area contributed by atoms with E-state index in [4.69, 9.17) is 14.9 Å². The average Bonchev–Trinajstić information content (AvgIpc) is 2.15. The van der Waals surface area contributed by atoms with Gasteiger partial charge in [-0.2, -0.15) is 0 Å². The second-order valence-electron chi connectivity index (χ2n) is 2.26. The van der Waals surface area contributed by atoms with Gasteiger partial charge in [0.15, 0.2) is 0 Å². The molecule has 0 aliphatic rings. The minimum Gasteiger partial charge on any atom is -0.478 e. The molecule has 1 aromatic rings. The third-order valence-corrected chi connectivity index (χ3v) is 1.32. The maximum atomic E-state index is 10.5. The Morgan fingerprint density at radius 3 is 3.00 bits per heavy atom. The summed E-state index contributed by atoms with van der Waals surface area (Å²) >= 11 is 0. The molecule has 0 amide bonds. The van der Waals surface area contributed by atoms with Crippen molar-refractivity contribution in [2.45, 2.75) is 0 Å².